The predicted molar refractivity (Wildman–Crippen MR) is 78.5 cm³/mol. The lowest BCUT2D eigenvalue weighted by Gasteiger charge is -2.07. The number of nitrogens with one attached hydrogen (secondary N) is 1. The molecule has 0 unspecified atom stereocenters. The minimum atomic E-state index is -0.207. The summed E-state index contributed by atoms with van der Waals surface area (Å²) in [5, 5.41) is 3.58. The molecule has 0 aliphatic carbocycles. The van der Waals surface area contributed by atoms with E-state index in [1.54, 1.807) is 24.3 Å². The van der Waals surface area contributed by atoms with Crippen molar-refractivity contribution in [2.75, 3.05) is 5.73 Å². The number of benzene rings is 2. The maximum Gasteiger partial charge on any atom is 0.251 e. The van der Waals surface area contributed by atoms with E-state index >= 15 is 0 Å². The number of rotatable bonds is 3. The highest BCUT2D eigenvalue weighted by molar-refractivity contribution is 6.42. The van der Waals surface area contributed by atoms with Crippen LogP contribution in [0.1, 0.15) is 15.9 Å². The summed E-state index contributed by atoms with van der Waals surface area (Å²) < 4.78 is 0. The molecule has 0 bridgehead atoms. The minimum Gasteiger partial charge on any atom is -0.399 e. The van der Waals surface area contributed by atoms with E-state index in [2.05, 4.69) is 5.32 Å². The number of carbonyl (C=O) groups is 1. The van der Waals surface area contributed by atoms with Gasteiger partial charge >= 0.3 is 0 Å². The zero-order valence-corrected chi connectivity index (χ0v) is 11.5. The smallest absolute Gasteiger partial charge is 0.251 e. The standard InChI is InChI=1S/C14H12Cl2N2O/c15-12-5-4-10(7-13(12)16)14(19)18-8-9-2-1-3-11(17)6-9/h1-7H,8,17H2,(H,18,19). The van der Waals surface area contributed by atoms with E-state index in [1.807, 2.05) is 18.2 Å². The van der Waals surface area contributed by atoms with Crippen LogP contribution in [0, 0.1) is 0 Å². The number of nitrogen functional groups attached to an aromatic ring is 1. The molecule has 0 aliphatic rings. The summed E-state index contributed by atoms with van der Waals surface area (Å²) in [6.07, 6.45) is 0. The molecule has 2 aromatic rings. The second-order valence-corrected chi connectivity index (χ2v) is 4.87. The third-order valence-corrected chi connectivity index (χ3v) is 3.32. The molecule has 2 aromatic carbocycles. The van der Waals surface area contributed by atoms with Crippen LogP contribution in [0.2, 0.25) is 10.0 Å². The first-order valence-corrected chi connectivity index (χ1v) is 6.39. The number of hydrogen-bond acceptors (Lipinski definition) is 2. The maximum atomic E-state index is 11.9. The molecule has 0 saturated carbocycles. The van der Waals surface area contributed by atoms with Gasteiger partial charge in [-0.3, -0.25) is 4.79 Å². The first-order valence-electron chi connectivity index (χ1n) is 5.64. The number of anilines is 1. The Morgan fingerprint density at radius 2 is 1.89 bits per heavy atom. The molecule has 0 radical (unpaired) electrons. The Morgan fingerprint density at radius 3 is 2.58 bits per heavy atom. The summed E-state index contributed by atoms with van der Waals surface area (Å²) in [4.78, 5) is 11.9. The van der Waals surface area contributed by atoms with Gasteiger partial charge in [-0.15, -0.1) is 0 Å². The van der Waals surface area contributed by atoms with E-state index in [4.69, 9.17) is 28.9 Å². The van der Waals surface area contributed by atoms with Crippen molar-refractivity contribution >= 4 is 34.8 Å². The Balaban J connectivity index is 2.03. The second kappa shape index (κ2) is 5.95. The van der Waals surface area contributed by atoms with Crippen LogP contribution in [0.25, 0.3) is 0 Å². The molecule has 0 saturated heterocycles. The Morgan fingerprint density at radius 1 is 1.11 bits per heavy atom. The van der Waals surface area contributed by atoms with Crippen molar-refractivity contribution in [3.63, 3.8) is 0 Å². The largest absolute Gasteiger partial charge is 0.399 e. The van der Waals surface area contributed by atoms with Gasteiger partial charge in [-0.25, -0.2) is 0 Å². The van der Waals surface area contributed by atoms with Crippen LogP contribution < -0.4 is 11.1 Å². The van der Waals surface area contributed by atoms with Gasteiger partial charge in [0.25, 0.3) is 5.91 Å². The van der Waals surface area contributed by atoms with Gasteiger partial charge in [0, 0.05) is 17.8 Å². The number of amides is 1. The van der Waals surface area contributed by atoms with Crippen molar-refractivity contribution in [1.82, 2.24) is 5.32 Å². The van der Waals surface area contributed by atoms with Crippen molar-refractivity contribution < 1.29 is 4.79 Å². The maximum absolute atomic E-state index is 11.9. The predicted octanol–water partition coefficient (Wildman–Crippen LogP) is 3.51. The summed E-state index contributed by atoms with van der Waals surface area (Å²) in [5.41, 5.74) is 7.74. The fourth-order valence-corrected chi connectivity index (χ4v) is 1.92. The highest BCUT2D eigenvalue weighted by atomic mass is 35.5. The molecule has 0 heterocycles. The summed E-state index contributed by atoms with van der Waals surface area (Å²) in [6.45, 7) is 0.407. The van der Waals surface area contributed by atoms with Gasteiger partial charge in [-0.1, -0.05) is 35.3 Å². The monoisotopic (exact) mass is 294 g/mol. The van der Waals surface area contributed by atoms with Crippen LogP contribution in [0.3, 0.4) is 0 Å². The molecule has 1 amide bonds. The van der Waals surface area contributed by atoms with Crippen LogP contribution >= 0.6 is 23.2 Å². The molecule has 2 rings (SSSR count). The number of carbonyl (C=O) groups excluding carboxylic acids is 1. The molecule has 5 heteroatoms. The lowest BCUT2D eigenvalue weighted by atomic mass is 10.2. The molecule has 0 atom stereocenters. The van der Waals surface area contributed by atoms with E-state index < -0.39 is 0 Å². The van der Waals surface area contributed by atoms with Crippen LogP contribution in [0.5, 0.6) is 0 Å². The average Bonchev–Trinajstić information content (AvgIpc) is 2.39. The summed E-state index contributed by atoms with van der Waals surface area (Å²) in [5.74, 6) is -0.207. The lowest BCUT2D eigenvalue weighted by Crippen LogP contribution is -2.22. The van der Waals surface area contributed by atoms with Crippen molar-refractivity contribution in [3.8, 4) is 0 Å². The minimum absolute atomic E-state index is 0.207. The van der Waals surface area contributed by atoms with Crippen LogP contribution in [0.4, 0.5) is 5.69 Å². The molecular weight excluding hydrogens is 283 g/mol. The van der Waals surface area contributed by atoms with Gasteiger partial charge in [0.05, 0.1) is 10.0 Å². The van der Waals surface area contributed by atoms with Crippen molar-refractivity contribution in [2.24, 2.45) is 0 Å². The summed E-state index contributed by atoms with van der Waals surface area (Å²) in [6, 6.07) is 12.1. The van der Waals surface area contributed by atoms with Gasteiger partial charge < -0.3 is 11.1 Å². The average molecular weight is 295 g/mol. The lowest BCUT2D eigenvalue weighted by molar-refractivity contribution is 0.0951. The normalized spacial score (nSPS) is 10.2. The van der Waals surface area contributed by atoms with E-state index in [-0.39, 0.29) is 5.91 Å². The number of halogens is 2. The van der Waals surface area contributed by atoms with Crippen LogP contribution in [-0.4, -0.2) is 5.91 Å². The third kappa shape index (κ3) is 3.63. The number of hydrogen-bond donors (Lipinski definition) is 2. The Hall–Kier alpha value is -1.71. The van der Waals surface area contributed by atoms with Crippen molar-refractivity contribution in [1.29, 1.82) is 0 Å². The van der Waals surface area contributed by atoms with Crippen molar-refractivity contribution in [3.05, 3.63) is 63.6 Å². The fourth-order valence-electron chi connectivity index (χ4n) is 1.62. The first kappa shape index (κ1) is 13.7. The van der Waals surface area contributed by atoms with Crippen LogP contribution in [0.15, 0.2) is 42.5 Å². The molecule has 98 valence electrons. The molecule has 19 heavy (non-hydrogen) atoms. The molecule has 3 nitrogen and oxygen atoms in total. The highest BCUT2D eigenvalue weighted by Crippen LogP contribution is 2.22. The molecule has 3 N–H and O–H groups in total. The molecule has 0 spiro atoms. The number of nitrogens with two attached hydrogens (primary N) is 1. The topological polar surface area (TPSA) is 55.1 Å². The van der Waals surface area contributed by atoms with Gasteiger partial charge in [-0.05, 0) is 35.9 Å². The summed E-state index contributed by atoms with van der Waals surface area (Å²) >= 11 is 11.7. The fraction of sp³-hybridized carbons (Fsp3) is 0.0714. The second-order valence-electron chi connectivity index (χ2n) is 4.06. The summed E-state index contributed by atoms with van der Waals surface area (Å²) in [7, 11) is 0. The van der Waals surface area contributed by atoms with Gasteiger partial charge in [0.15, 0.2) is 0 Å². The molecule has 0 fully saturated rings. The Kier molecular flexibility index (Phi) is 4.30. The third-order valence-electron chi connectivity index (χ3n) is 2.59. The van der Waals surface area contributed by atoms with Gasteiger partial charge in [0.2, 0.25) is 0 Å². The van der Waals surface area contributed by atoms with E-state index in [9.17, 15) is 4.79 Å². The van der Waals surface area contributed by atoms with E-state index in [0.717, 1.165) is 5.56 Å². The molecule has 0 aliphatic heterocycles. The molecular formula is C14H12Cl2N2O. The highest BCUT2D eigenvalue weighted by Gasteiger charge is 2.07. The van der Waals surface area contributed by atoms with E-state index in [0.29, 0.717) is 27.8 Å². The van der Waals surface area contributed by atoms with Crippen molar-refractivity contribution in [2.45, 2.75) is 6.54 Å². The zero-order valence-electron chi connectivity index (χ0n) is 9.99. The first-order chi connectivity index (χ1) is 9.06. The van der Waals surface area contributed by atoms with Gasteiger partial charge in [-0.2, -0.15) is 0 Å². The van der Waals surface area contributed by atoms with Crippen LogP contribution in [-0.2, 0) is 6.54 Å². The van der Waals surface area contributed by atoms with E-state index in [1.165, 1.54) is 0 Å². The SMILES string of the molecule is Nc1cccc(CNC(=O)c2ccc(Cl)c(Cl)c2)c1. The van der Waals surface area contributed by atoms with Gasteiger partial charge in [0.1, 0.15) is 0 Å². The Bertz CT molecular complexity index is 614. The Labute approximate surface area is 121 Å². The quantitative estimate of drug-likeness (QED) is 0.851. The zero-order chi connectivity index (χ0) is 13.8. The molecule has 0 aromatic heterocycles.